The molecule has 0 spiro atoms. The van der Waals surface area contributed by atoms with Crippen LogP contribution in [0.25, 0.3) is 0 Å². The third kappa shape index (κ3) is 3.53. The van der Waals surface area contributed by atoms with E-state index in [4.69, 9.17) is 23.2 Å². The van der Waals surface area contributed by atoms with Crippen LogP contribution in [0.3, 0.4) is 0 Å². The summed E-state index contributed by atoms with van der Waals surface area (Å²) in [6, 6.07) is 12.2. The highest BCUT2D eigenvalue weighted by atomic mass is 79.9. The predicted octanol–water partition coefficient (Wildman–Crippen LogP) is 6.29. The molecular weight excluding hydrogens is 343 g/mol. The van der Waals surface area contributed by atoms with Crippen molar-refractivity contribution in [3.05, 3.63) is 68.7 Å². The summed E-state index contributed by atoms with van der Waals surface area (Å²) in [5.74, 6) is 0. The lowest BCUT2D eigenvalue weighted by atomic mass is 9.96. The first-order valence-electron chi connectivity index (χ1n) is 6.13. The lowest BCUT2D eigenvalue weighted by Crippen LogP contribution is -2.00. The van der Waals surface area contributed by atoms with E-state index in [-0.39, 0.29) is 4.83 Å². The monoisotopic (exact) mass is 356 g/mol. The Morgan fingerprint density at radius 2 is 1.63 bits per heavy atom. The molecule has 0 aliphatic carbocycles. The average molecular weight is 358 g/mol. The molecule has 1 unspecified atom stereocenters. The summed E-state index contributed by atoms with van der Waals surface area (Å²) in [7, 11) is 0. The fraction of sp³-hybridized carbons (Fsp3) is 0.250. The Balaban J connectivity index is 2.25. The van der Waals surface area contributed by atoms with Crippen molar-refractivity contribution in [3.63, 3.8) is 0 Å². The maximum absolute atomic E-state index is 6.06. The van der Waals surface area contributed by atoms with Gasteiger partial charge in [0.15, 0.2) is 0 Å². The molecule has 3 heteroatoms. The molecule has 2 aromatic carbocycles. The number of aryl methyl sites for hydroxylation is 2. The van der Waals surface area contributed by atoms with E-state index in [1.165, 1.54) is 22.3 Å². The molecule has 0 aromatic heterocycles. The SMILES string of the molecule is Cc1cccc(C)c1C(Br)Cc1ccc(Cl)c(Cl)c1. The first-order valence-corrected chi connectivity index (χ1v) is 7.80. The Hall–Kier alpha value is -0.500. The topological polar surface area (TPSA) is 0 Å². The van der Waals surface area contributed by atoms with Gasteiger partial charge in [-0.1, -0.05) is 63.4 Å². The second kappa shape index (κ2) is 6.30. The van der Waals surface area contributed by atoms with E-state index in [1.807, 2.05) is 18.2 Å². The summed E-state index contributed by atoms with van der Waals surface area (Å²) < 4.78 is 0. The third-order valence-electron chi connectivity index (χ3n) is 3.25. The molecule has 0 saturated carbocycles. The normalized spacial score (nSPS) is 12.5. The van der Waals surface area contributed by atoms with Crippen molar-refractivity contribution in [2.45, 2.75) is 25.1 Å². The molecular formula is C16H15BrCl2. The van der Waals surface area contributed by atoms with Crippen LogP contribution < -0.4 is 0 Å². The Morgan fingerprint density at radius 1 is 1.00 bits per heavy atom. The van der Waals surface area contributed by atoms with Crippen LogP contribution in [0.2, 0.25) is 10.0 Å². The molecule has 1 atom stereocenters. The zero-order valence-corrected chi connectivity index (χ0v) is 14.0. The molecule has 0 amide bonds. The van der Waals surface area contributed by atoms with Crippen LogP contribution in [-0.2, 0) is 6.42 Å². The highest BCUT2D eigenvalue weighted by Crippen LogP contribution is 2.33. The first kappa shape index (κ1) is 14.9. The summed E-state index contributed by atoms with van der Waals surface area (Å²) in [5.41, 5.74) is 5.15. The maximum atomic E-state index is 6.06. The average Bonchev–Trinajstić information content (AvgIpc) is 2.33. The number of hydrogen-bond donors (Lipinski definition) is 0. The van der Waals surface area contributed by atoms with Crippen LogP contribution in [0.15, 0.2) is 36.4 Å². The maximum Gasteiger partial charge on any atom is 0.0595 e. The molecule has 19 heavy (non-hydrogen) atoms. The van der Waals surface area contributed by atoms with Gasteiger partial charge in [-0.05, 0) is 54.7 Å². The van der Waals surface area contributed by atoms with Crippen molar-refractivity contribution in [1.29, 1.82) is 0 Å². The second-order valence-electron chi connectivity index (χ2n) is 4.73. The smallest absolute Gasteiger partial charge is 0.0595 e. The zero-order valence-electron chi connectivity index (χ0n) is 10.9. The van der Waals surface area contributed by atoms with Crippen molar-refractivity contribution in [3.8, 4) is 0 Å². The number of halogens is 3. The van der Waals surface area contributed by atoms with Crippen molar-refractivity contribution in [1.82, 2.24) is 0 Å². The molecule has 0 N–H and O–H groups in total. The van der Waals surface area contributed by atoms with Gasteiger partial charge in [-0.3, -0.25) is 0 Å². The van der Waals surface area contributed by atoms with Gasteiger partial charge < -0.3 is 0 Å². The molecule has 0 radical (unpaired) electrons. The zero-order chi connectivity index (χ0) is 14.0. The number of benzene rings is 2. The lowest BCUT2D eigenvalue weighted by Gasteiger charge is -2.16. The molecule has 0 fully saturated rings. The van der Waals surface area contributed by atoms with Gasteiger partial charge in [-0.15, -0.1) is 0 Å². The van der Waals surface area contributed by atoms with E-state index >= 15 is 0 Å². The van der Waals surface area contributed by atoms with Gasteiger partial charge in [0, 0.05) is 4.83 Å². The molecule has 0 bridgehead atoms. The van der Waals surface area contributed by atoms with Crippen LogP contribution in [0.4, 0.5) is 0 Å². The van der Waals surface area contributed by atoms with Gasteiger partial charge in [-0.25, -0.2) is 0 Å². The Morgan fingerprint density at radius 3 is 2.21 bits per heavy atom. The molecule has 0 heterocycles. The highest BCUT2D eigenvalue weighted by molar-refractivity contribution is 9.09. The predicted molar refractivity (Wildman–Crippen MR) is 87.8 cm³/mol. The molecule has 0 aliphatic rings. The largest absolute Gasteiger partial charge is 0.0835 e. The van der Waals surface area contributed by atoms with Gasteiger partial charge in [-0.2, -0.15) is 0 Å². The number of hydrogen-bond acceptors (Lipinski definition) is 0. The molecule has 100 valence electrons. The fourth-order valence-corrected chi connectivity index (χ4v) is 3.71. The molecule has 0 aliphatic heterocycles. The minimum Gasteiger partial charge on any atom is -0.0835 e. The molecule has 0 nitrogen and oxygen atoms in total. The van der Waals surface area contributed by atoms with Crippen molar-refractivity contribution >= 4 is 39.1 Å². The van der Waals surface area contributed by atoms with Crippen molar-refractivity contribution < 1.29 is 0 Å². The minimum atomic E-state index is 0.283. The van der Waals surface area contributed by atoms with E-state index in [2.05, 4.69) is 48.0 Å². The van der Waals surface area contributed by atoms with Crippen LogP contribution in [0.1, 0.15) is 27.1 Å². The quantitative estimate of drug-likeness (QED) is 0.566. The standard InChI is InChI=1S/C16H15BrCl2/c1-10-4-3-5-11(2)16(10)13(17)8-12-6-7-14(18)15(19)9-12/h3-7,9,13H,8H2,1-2H3. The Kier molecular flexibility index (Phi) is 4.94. The van der Waals surface area contributed by atoms with Crippen molar-refractivity contribution in [2.24, 2.45) is 0 Å². The first-order chi connectivity index (χ1) is 8.99. The summed E-state index contributed by atoms with van der Waals surface area (Å²) in [6.07, 6.45) is 0.891. The van der Waals surface area contributed by atoms with E-state index in [0.29, 0.717) is 10.0 Å². The van der Waals surface area contributed by atoms with Gasteiger partial charge in [0.05, 0.1) is 10.0 Å². The van der Waals surface area contributed by atoms with Gasteiger partial charge in [0.2, 0.25) is 0 Å². The van der Waals surface area contributed by atoms with Crippen LogP contribution in [-0.4, -0.2) is 0 Å². The summed E-state index contributed by atoms with van der Waals surface area (Å²) in [6.45, 7) is 4.29. The number of alkyl halides is 1. The summed E-state index contributed by atoms with van der Waals surface area (Å²) >= 11 is 15.8. The van der Waals surface area contributed by atoms with E-state index in [9.17, 15) is 0 Å². The minimum absolute atomic E-state index is 0.283. The highest BCUT2D eigenvalue weighted by Gasteiger charge is 2.14. The van der Waals surface area contributed by atoms with E-state index in [0.717, 1.165) is 6.42 Å². The summed E-state index contributed by atoms with van der Waals surface area (Å²) in [5, 5.41) is 1.21. The second-order valence-corrected chi connectivity index (χ2v) is 6.65. The van der Waals surface area contributed by atoms with Crippen LogP contribution in [0.5, 0.6) is 0 Å². The Labute approximate surface area is 132 Å². The Bertz CT molecular complexity index is 573. The van der Waals surface area contributed by atoms with E-state index < -0.39 is 0 Å². The van der Waals surface area contributed by atoms with Crippen LogP contribution in [0, 0.1) is 13.8 Å². The van der Waals surface area contributed by atoms with Gasteiger partial charge in [0.25, 0.3) is 0 Å². The third-order valence-corrected chi connectivity index (χ3v) is 4.77. The summed E-state index contributed by atoms with van der Waals surface area (Å²) in [4.78, 5) is 0.283. The molecule has 2 rings (SSSR count). The van der Waals surface area contributed by atoms with E-state index in [1.54, 1.807) is 0 Å². The van der Waals surface area contributed by atoms with Crippen LogP contribution >= 0.6 is 39.1 Å². The van der Waals surface area contributed by atoms with Crippen molar-refractivity contribution in [2.75, 3.05) is 0 Å². The fourth-order valence-electron chi connectivity index (χ4n) is 2.30. The van der Waals surface area contributed by atoms with Gasteiger partial charge >= 0.3 is 0 Å². The molecule has 0 saturated heterocycles. The molecule has 2 aromatic rings. The lowest BCUT2D eigenvalue weighted by molar-refractivity contribution is 0.927. The van der Waals surface area contributed by atoms with Gasteiger partial charge in [0.1, 0.15) is 0 Å². The number of rotatable bonds is 3.